The zero-order chi connectivity index (χ0) is 15.6. The average molecular weight is 390 g/mol. The molecule has 0 fully saturated rings. The van der Waals surface area contributed by atoms with Crippen molar-refractivity contribution in [3.63, 3.8) is 0 Å². The Balaban J connectivity index is 1.73. The molecule has 22 heavy (non-hydrogen) atoms. The van der Waals surface area contributed by atoms with Crippen LogP contribution >= 0.6 is 46.0 Å². The fourth-order valence-corrected chi connectivity index (χ4v) is 5.54. The van der Waals surface area contributed by atoms with E-state index < -0.39 is 10.0 Å². The lowest BCUT2D eigenvalue weighted by molar-refractivity contribution is 0.603. The van der Waals surface area contributed by atoms with E-state index in [1.54, 1.807) is 23.7 Å². The van der Waals surface area contributed by atoms with E-state index in [1.807, 2.05) is 12.1 Å². The van der Waals surface area contributed by atoms with Crippen molar-refractivity contribution in [2.45, 2.75) is 13.4 Å². The molecule has 0 bridgehead atoms. The molecule has 0 atom stereocenters. The van der Waals surface area contributed by atoms with Gasteiger partial charge in [-0.05, 0) is 36.4 Å². The molecule has 0 saturated carbocycles. The van der Waals surface area contributed by atoms with Gasteiger partial charge in [-0.25, -0.2) is 8.42 Å². The van der Waals surface area contributed by atoms with Crippen LogP contribution in [0.5, 0.6) is 0 Å². The van der Waals surface area contributed by atoms with Crippen molar-refractivity contribution in [1.29, 1.82) is 0 Å². The minimum Gasteiger partial charge on any atom is -0.279 e. The number of benzene rings is 1. The Kier molecular flexibility index (Phi) is 4.69. The lowest BCUT2D eigenvalue weighted by Gasteiger charge is -2.06. The molecule has 0 aliphatic heterocycles. The monoisotopic (exact) mass is 389 g/mol. The van der Waals surface area contributed by atoms with Crippen LogP contribution < -0.4 is 4.72 Å². The molecule has 3 rings (SSSR count). The summed E-state index contributed by atoms with van der Waals surface area (Å²) in [7, 11) is -3.60. The van der Waals surface area contributed by atoms with E-state index in [0.29, 0.717) is 10.0 Å². The molecule has 0 spiro atoms. The number of rotatable bonds is 5. The highest BCUT2D eigenvalue weighted by molar-refractivity contribution is 8.01. The van der Waals surface area contributed by atoms with Gasteiger partial charge in [0, 0.05) is 10.6 Å². The van der Waals surface area contributed by atoms with E-state index in [-0.39, 0.29) is 4.21 Å². The van der Waals surface area contributed by atoms with Crippen LogP contribution in [0.15, 0.2) is 55.4 Å². The summed E-state index contributed by atoms with van der Waals surface area (Å²) in [4.78, 5) is 0.957. The van der Waals surface area contributed by atoms with Crippen LogP contribution in [-0.2, 0) is 10.0 Å². The number of halogens is 1. The van der Waals surface area contributed by atoms with Crippen molar-refractivity contribution in [1.82, 2.24) is 10.2 Å². The fraction of sp³-hybridized carbons (Fsp3) is 0. The quantitative estimate of drug-likeness (QED) is 0.707. The highest BCUT2D eigenvalue weighted by Gasteiger charge is 2.16. The SMILES string of the molecule is O=S(=O)(Nc1ccc(Sc2nncs2)cc1)c1ccc(Cl)s1. The van der Waals surface area contributed by atoms with Crippen molar-refractivity contribution in [3.8, 4) is 0 Å². The molecule has 0 saturated heterocycles. The van der Waals surface area contributed by atoms with Crippen molar-refractivity contribution in [2.75, 3.05) is 4.72 Å². The smallest absolute Gasteiger partial charge is 0.271 e. The number of anilines is 1. The Morgan fingerprint density at radius 2 is 1.91 bits per heavy atom. The van der Waals surface area contributed by atoms with Gasteiger partial charge in [0.05, 0.1) is 4.34 Å². The third kappa shape index (κ3) is 3.79. The molecule has 5 nitrogen and oxygen atoms in total. The third-order valence-electron chi connectivity index (χ3n) is 2.47. The number of thiophene rings is 1. The first-order chi connectivity index (χ1) is 10.5. The fourth-order valence-electron chi connectivity index (χ4n) is 1.55. The van der Waals surface area contributed by atoms with Crippen LogP contribution in [0.25, 0.3) is 0 Å². The molecule has 0 unspecified atom stereocenters. The van der Waals surface area contributed by atoms with Crippen molar-refractivity contribution < 1.29 is 8.42 Å². The predicted molar refractivity (Wildman–Crippen MR) is 90.6 cm³/mol. The van der Waals surface area contributed by atoms with Crippen molar-refractivity contribution in [3.05, 3.63) is 46.2 Å². The van der Waals surface area contributed by atoms with Crippen molar-refractivity contribution >= 4 is 61.7 Å². The van der Waals surface area contributed by atoms with E-state index in [9.17, 15) is 8.42 Å². The number of aromatic nitrogens is 2. The molecular weight excluding hydrogens is 382 g/mol. The lowest BCUT2D eigenvalue weighted by atomic mass is 10.3. The topological polar surface area (TPSA) is 72.0 Å². The summed E-state index contributed by atoms with van der Waals surface area (Å²) in [5.41, 5.74) is 2.16. The largest absolute Gasteiger partial charge is 0.279 e. The molecule has 0 radical (unpaired) electrons. The van der Waals surface area contributed by atoms with Gasteiger partial charge in [0.1, 0.15) is 9.72 Å². The first-order valence-corrected chi connectivity index (χ1v) is 10.2. The summed E-state index contributed by atoms with van der Waals surface area (Å²) in [6, 6.07) is 10.1. The van der Waals surface area contributed by atoms with Gasteiger partial charge in [-0.1, -0.05) is 34.7 Å². The highest BCUT2D eigenvalue weighted by atomic mass is 35.5. The maximum atomic E-state index is 12.2. The van der Waals surface area contributed by atoms with Gasteiger partial charge in [0.15, 0.2) is 4.34 Å². The maximum absolute atomic E-state index is 12.2. The molecule has 114 valence electrons. The Bertz CT molecular complexity index is 860. The Labute approximate surface area is 144 Å². The number of sulfonamides is 1. The van der Waals surface area contributed by atoms with E-state index in [1.165, 1.54) is 29.2 Å². The summed E-state index contributed by atoms with van der Waals surface area (Å²) in [6.07, 6.45) is 0. The number of nitrogens with zero attached hydrogens (tertiary/aromatic N) is 2. The lowest BCUT2D eigenvalue weighted by Crippen LogP contribution is -2.11. The Morgan fingerprint density at radius 3 is 2.50 bits per heavy atom. The summed E-state index contributed by atoms with van der Waals surface area (Å²) in [5.74, 6) is 0. The average Bonchev–Trinajstić information content (AvgIpc) is 3.12. The van der Waals surface area contributed by atoms with E-state index in [4.69, 9.17) is 11.6 Å². The zero-order valence-electron chi connectivity index (χ0n) is 10.8. The Morgan fingerprint density at radius 1 is 1.14 bits per heavy atom. The molecular formula is C12H8ClN3O2S4. The molecule has 0 aliphatic carbocycles. The van der Waals surface area contributed by atoms with Crippen molar-refractivity contribution in [2.24, 2.45) is 0 Å². The van der Waals surface area contributed by atoms with Crippen LogP contribution in [0.4, 0.5) is 5.69 Å². The van der Waals surface area contributed by atoms with Crippen LogP contribution in [0, 0.1) is 0 Å². The number of hydrogen-bond acceptors (Lipinski definition) is 7. The first-order valence-electron chi connectivity index (χ1n) is 5.85. The van der Waals surface area contributed by atoms with Crippen LogP contribution in [0.1, 0.15) is 0 Å². The van der Waals surface area contributed by atoms with Crippen LogP contribution in [-0.4, -0.2) is 18.6 Å². The van der Waals surface area contributed by atoms with Gasteiger partial charge in [-0.15, -0.1) is 21.5 Å². The predicted octanol–water partition coefficient (Wildman–Crippen LogP) is 4.21. The normalized spacial score (nSPS) is 11.5. The van der Waals surface area contributed by atoms with Crippen LogP contribution in [0.3, 0.4) is 0 Å². The molecule has 0 amide bonds. The van der Waals surface area contributed by atoms with Gasteiger partial charge < -0.3 is 0 Å². The second-order valence-corrected chi connectivity index (χ2v) is 9.77. The molecule has 2 aromatic heterocycles. The molecule has 3 aromatic rings. The zero-order valence-corrected chi connectivity index (χ0v) is 14.8. The number of nitrogens with one attached hydrogen (secondary N) is 1. The number of hydrogen-bond donors (Lipinski definition) is 1. The summed E-state index contributed by atoms with van der Waals surface area (Å²) in [5, 5.41) is 7.71. The van der Waals surface area contributed by atoms with Gasteiger partial charge in [-0.3, -0.25) is 4.72 Å². The second kappa shape index (κ2) is 6.55. The molecule has 10 heteroatoms. The first kappa shape index (κ1) is 15.8. The van der Waals surface area contributed by atoms with Gasteiger partial charge in [0.25, 0.3) is 10.0 Å². The standard InChI is InChI=1S/C12H8ClN3O2S4/c13-10-5-6-11(21-10)22(17,18)16-8-1-3-9(4-2-8)20-12-15-14-7-19-12/h1-7,16H. The third-order valence-corrected chi connectivity index (χ3v) is 7.36. The van der Waals surface area contributed by atoms with Crippen LogP contribution in [0.2, 0.25) is 4.34 Å². The summed E-state index contributed by atoms with van der Waals surface area (Å²) < 4.78 is 28.3. The van der Waals surface area contributed by atoms with E-state index >= 15 is 0 Å². The van der Waals surface area contributed by atoms with E-state index in [2.05, 4.69) is 14.9 Å². The summed E-state index contributed by atoms with van der Waals surface area (Å²) in [6.45, 7) is 0. The molecule has 1 N–H and O–H groups in total. The van der Waals surface area contributed by atoms with Gasteiger partial charge in [0.2, 0.25) is 0 Å². The second-order valence-electron chi connectivity index (χ2n) is 4.00. The van der Waals surface area contributed by atoms with Gasteiger partial charge in [-0.2, -0.15) is 0 Å². The molecule has 2 heterocycles. The minimum atomic E-state index is -3.60. The van der Waals surface area contributed by atoms with Gasteiger partial charge >= 0.3 is 0 Å². The highest BCUT2D eigenvalue weighted by Crippen LogP contribution is 2.30. The molecule has 0 aliphatic rings. The minimum absolute atomic E-state index is 0.185. The molecule has 1 aromatic carbocycles. The Hall–Kier alpha value is -1.13. The summed E-state index contributed by atoms with van der Waals surface area (Å²) >= 11 is 9.71. The van der Waals surface area contributed by atoms with E-state index in [0.717, 1.165) is 20.6 Å². The maximum Gasteiger partial charge on any atom is 0.271 e.